The number of hydrogen-bond acceptors (Lipinski definition) is 1. The highest BCUT2D eigenvalue weighted by Gasteiger charge is 2.33. The zero-order valence-corrected chi connectivity index (χ0v) is 7.58. The molecular weight excluding hydrogens is 201 g/mol. The molecule has 0 fully saturated rings. The van der Waals surface area contributed by atoms with Gasteiger partial charge in [0.05, 0.1) is 0 Å². The summed E-state index contributed by atoms with van der Waals surface area (Å²) in [6.07, 6.45) is 0. The largest absolute Gasteiger partial charge is 0.286 e. The molecular formula is C8H7F3OS. The SMILES string of the molecule is Cc1ccc(C(=O)S(F)(F)F)cc1. The van der Waals surface area contributed by atoms with Gasteiger partial charge in [0.15, 0.2) is 0 Å². The molecule has 0 bridgehead atoms. The molecule has 0 heterocycles. The van der Waals surface area contributed by atoms with Crippen LogP contribution in [0.25, 0.3) is 0 Å². The summed E-state index contributed by atoms with van der Waals surface area (Å²) in [6.45, 7) is 1.74. The number of carbonyl (C=O) groups excluding carboxylic acids is 1. The second kappa shape index (κ2) is 3.41. The van der Waals surface area contributed by atoms with Gasteiger partial charge in [-0.1, -0.05) is 29.8 Å². The monoisotopic (exact) mass is 208 g/mol. The molecule has 72 valence electrons. The van der Waals surface area contributed by atoms with Crippen molar-refractivity contribution in [3.05, 3.63) is 35.4 Å². The molecule has 0 aliphatic carbocycles. The predicted octanol–water partition coefficient (Wildman–Crippen LogP) is 3.59. The Morgan fingerprint density at radius 2 is 1.62 bits per heavy atom. The average molecular weight is 208 g/mol. The predicted molar refractivity (Wildman–Crippen MR) is 46.4 cm³/mol. The summed E-state index contributed by atoms with van der Waals surface area (Å²) in [5, 5.41) is -1.72. The van der Waals surface area contributed by atoms with E-state index in [1.165, 1.54) is 24.3 Å². The van der Waals surface area contributed by atoms with Gasteiger partial charge in [0.2, 0.25) is 0 Å². The topological polar surface area (TPSA) is 17.1 Å². The Kier molecular flexibility index (Phi) is 2.66. The molecule has 1 aromatic rings. The highest BCUT2D eigenvalue weighted by Crippen LogP contribution is 2.55. The maximum atomic E-state index is 12.0. The van der Waals surface area contributed by atoms with E-state index in [-0.39, 0.29) is 5.56 Å². The van der Waals surface area contributed by atoms with Crippen LogP contribution in [0.15, 0.2) is 24.3 Å². The quantitative estimate of drug-likeness (QED) is 0.689. The average Bonchev–Trinajstić information content (AvgIpc) is 2.03. The van der Waals surface area contributed by atoms with E-state index in [1.54, 1.807) is 6.92 Å². The van der Waals surface area contributed by atoms with Crippen LogP contribution < -0.4 is 0 Å². The number of aryl methyl sites for hydroxylation is 1. The van der Waals surface area contributed by atoms with Gasteiger partial charge in [-0.05, 0) is 6.92 Å². The summed E-state index contributed by atoms with van der Waals surface area (Å²) in [5.74, 6) is 0. The van der Waals surface area contributed by atoms with E-state index in [1.807, 2.05) is 0 Å². The van der Waals surface area contributed by atoms with Crippen LogP contribution in [0, 0.1) is 6.92 Å². The van der Waals surface area contributed by atoms with Crippen LogP contribution in [0.1, 0.15) is 15.9 Å². The molecule has 0 radical (unpaired) electrons. The van der Waals surface area contributed by atoms with Crippen LogP contribution >= 0.6 is 11.2 Å². The molecule has 0 aliphatic rings. The van der Waals surface area contributed by atoms with Gasteiger partial charge in [-0.15, -0.1) is 11.7 Å². The summed E-state index contributed by atoms with van der Waals surface area (Å²) < 4.78 is 35.9. The van der Waals surface area contributed by atoms with E-state index in [4.69, 9.17) is 0 Å². The van der Waals surface area contributed by atoms with E-state index in [9.17, 15) is 16.5 Å². The molecule has 0 aliphatic heterocycles. The maximum Gasteiger partial charge on any atom is 0.286 e. The van der Waals surface area contributed by atoms with Gasteiger partial charge in [0.25, 0.3) is 16.3 Å². The molecule has 0 saturated carbocycles. The first-order valence-electron chi connectivity index (χ1n) is 3.44. The van der Waals surface area contributed by atoms with E-state index in [0.717, 1.165) is 5.56 Å². The summed E-state index contributed by atoms with van der Waals surface area (Å²) >= 11 is -5.61. The molecule has 1 nitrogen and oxygen atoms in total. The second-order valence-electron chi connectivity index (χ2n) is 2.56. The Morgan fingerprint density at radius 3 is 2.00 bits per heavy atom. The minimum absolute atomic E-state index is 0.284. The summed E-state index contributed by atoms with van der Waals surface area (Å²) in [6, 6.07) is 5.35. The highest BCUT2D eigenvalue weighted by atomic mass is 32.3. The van der Waals surface area contributed by atoms with E-state index in [2.05, 4.69) is 0 Å². The summed E-state index contributed by atoms with van der Waals surface area (Å²) in [4.78, 5) is 10.7. The van der Waals surface area contributed by atoms with Crippen LogP contribution in [0.5, 0.6) is 0 Å². The molecule has 1 aromatic carbocycles. The van der Waals surface area contributed by atoms with Gasteiger partial charge in [0.1, 0.15) is 0 Å². The fraction of sp³-hybridized carbons (Fsp3) is 0.125. The normalized spacial score (nSPS) is 12.6. The Balaban J connectivity index is 2.97. The molecule has 0 spiro atoms. The molecule has 0 atom stereocenters. The fourth-order valence-corrected chi connectivity index (χ4v) is 1.23. The number of halogens is 3. The molecule has 1 rings (SSSR count). The van der Waals surface area contributed by atoms with Crippen molar-refractivity contribution in [3.8, 4) is 0 Å². The van der Waals surface area contributed by atoms with Crippen molar-refractivity contribution < 1.29 is 16.5 Å². The summed E-state index contributed by atoms with van der Waals surface area (Å²) in [7, 11) is 0. The van der Waals surface area contributed by atoms with Gasteiger partial charge >= 0.3 is 0 Å². The summed E-state index contributed by atoms with van der Waals surface area (Å²) in [5.41, 5.74) is 0.543. The van der Waals surface area contributed by atoms with Crippen molar-refractivity contribution in [2.75, 3.05) is 0 Å². The zero-order valence-electron chi connectivity index (χ0n) is 6.76. The minimum atomic E-state index is -5.61. The van der Waals surface area contributed by atoms with E-state index < -0.39 is 16.3 Å². The lowest BCUT2D eigenvalue weighted by Gasteiger charge is -2.07. The Labute approximate surface area is 75.8 Å². The first-order chi connectivity index (χ1) is 5.91. The Morgan fingerprint density at radius 1 is 1.15 bits per heavy atom. The molecule has 0 amide bonds. The van der Waals surface area contributed by atoms with Crippen molar-refractivity contribution in [2.24, 2.45) is 0 Å². The van der Waals surface area contributed by atoms with Gasteiger partial charge in [-0.2, -0.15) is 0 Å². The number of rotatable bonds is 1. The molecule has 0 unspecified atom stereocenters. The molecule has 13 heavy (non-hydrogen) atoms. The molecule has 5 heteroatoms. The van der Waals surface area contributed by atoms with Crippen molar-refractivity contribution in [1.29, 1.82) is 0 Å². The van der Waals surface area contributed by atoms with E-state index in [0.29, 0.717) is 0 Å². The third-order valence-corrected chi connectivity index (χ3v) is 2.15. The highest BCUT2D eigenvalue weighted by molar-refractivity contribution is 8.34. The minimum Gasteiger partial charge on any atom is -0.275 e. The second-order valence-corrected chi connectivity index (χ2v) is 3.74. The van der Waals surface area contributed by atoms with Crippen molar-refractivity contribution >= 4 is 16.3 Å². The molecule has 0 saturated heterocycles. The van der Waals surface area contributed by atoms with E-state index >= 15 is 0 Å². The number of benzene rings is 1. The zero-order chi connectivity index (χ0) is 10.1. The Bertz CT molecular complexity index is 315. The smallest absolute Gasteiger partial charge is 0.275 e. The molecule has 0 aromatic heterocycles. The van der Waals surface area contributed by atoms with Crippen LogP contribution in [0.2, 0.25) is 0 Å². The van der Waals surface area contributed by atoms with Crippen LogP contribution in [-0.4, -0.2) is 5.12 Å². The first kappa shape index (κ1) is 10.1. The molecule has 0 N–H and O–H groups in total. The van der Waals surface area contributed by atoms with Crippen LogP contribution in [0.3, 0.4) is 0 Å². The first-order valence-corrected chi connectivity index (χ1v) is 4.78. The third-order valence-electron chi connectivity index (χ3n) is 1.50. The van der Waals surface area contributed by atoms with Crippen molar-refractivity contribution in [1.82, 2.24) is 0 Å². The van der Waals surface area contributed by atoms with Gasteiger partial charge < -0.3 is 0 Å². The Hall–Kier alpha value is -0.970. The standard InChI is InChI=1S/C8H7F3OS/c1-6-2-4-7(5-3-6)8(12)13(9,10)11/h2-5H,1H3. The lowest BCUT2D eigenvalue weighted by molar-refractivity contribution is 0.106. The number of carbonyl (C=O) groups is 1. The number of hydrogen-bond donors (Lipinski definition) is 0. The maximum absolute atomic E-state index is 12.0. The fourth-order valence-electron chi connectivity index (χ4n) is 0.823. The van der Waals surface area contributed by atoms with Gasteiger partial charge in [-0.3, -0.25) is 4.79 Å². The van der Waals surface area contributed by atoms with Crippen molar-refractivity contribution in [3.63, 3.8) is 0 Å². The lowest BCUT2D eigenvalue weighted by Crippen LogP contribution is -1.99. The van der Waals surface area contributed by atoms with Gasteiger partial charge in [-0.25, -0.2) is 0 Å². The third kappa shape index (κ3) is 2.48. The van der Waals surface area contributed by atoms with Crippen LogP contribution in [-0.2, 0) is 0 Å². The van der Waals surface area contributed by atoms with Gasteiger partial charge in [0, 0.05) is 5.56 Å². The lowest BCUT2D eigenvalue weighted by atomic mass is 10.2. The van der Waals surface area contributed by atoms with Crippen molar-refractivity contribution in [2.45, 2.75) is 6.92 Å². The van der Waals surface area contributed by atoms with Crippen LogP contribution in [0.4, 0.5) is 11.7 Å².